The minimum atomic E-state index is -1.65. The molecule has 556 valence electrons. The van der Waals surface area contributed by atoms with Gasteiger partial charge in [0.25, 0.3) is 5.91 Å². The van der Waals surface area contributed by atoms with Gasteiger partial charge in [-0.05, 0) is 109 Å². The van der Waals surface area contributed by atoms with Crippen molar-refractivity contribution in [2.24, 2.45) is 35.5 Å². The monoisotopic (exact) mass is 1390 g/mol. The van der Waals surface area contributed by atoms with Crippen molar-refractivity contribution < 1.29 is 62.6 Å². The van der Waals surface area contributed by atoms with E-state index in [2.05, 4.69) is 31.1 Å². The molecule has 2 aliphatic rings. The van der Waals surface area contributed by atoms with Gasteiger partial charge in [0.05, 0.1) is 11.7 Å². The van der Waals surface area contributed by atoms with Gasteiger partial charge < -0.3 is 70.3 Å². The van der Waals surface area contributed by atoms with Crippen molar-refractivity contribution in [1.82, 2.24) is 65.4 Å². The Kier molecular flexibility index (Phi) is 35.8. The summed E-state index contributed by atoms with van der Waals surface area (Å²) in [6, 6.07) is -12.9. The number of thioether (sulfide) groups is 1. The second kappa shape index (κ2) is 39.8. The molecule has 0 bridgehead atoms. The van der Waals surface area contributed by atoms with Crippen molar-refractivity contribution in [3.63, 3.8) is 0 Å². The van der Waals surface area contributed by atoms with Gasteiger partial charge in [-0.2, -0.15) is 0 Å². The van der Waals surface area contributed by atoms with Crippen molar-refractivity contribution in [3.05, 3.63) is 12.2 Å². The maximum absolute atomic E-state index is 15.6. The highest BCUT2D eigenvalue weighted by Gasteiger charge is 2.47. The molecule has 0 aromatic heterocycles. The van der Waals surface area contributed by atoms with Crippen LogP contribution in [-0.2, 0) is 57.5 Å². The number of hydrogen-bond donors (Lipinski definition) is 5. The van der Waals surface area contributed by atoms with Crippen LogP contribution in [0, 0.1) is 35.5 Å². The maximum Gasteiger partial charge on any atom is 0.256 e. The van der Waals surface area contributed by atoms with E-state index in [4.69, 9.17) is 4.74 Å². The lowest BCUT2D eigenvalue weighted by Gasteiger charge is -2.41. The number of carbonyl (C=O) groups is 11. The van der Waals surface area contributed by atoms with Crippen LogP contribution in [0.2, 0.25) is 0 Å². The smallest absolute Gasteiger partial charge is 0.256 e. The van der Waals surface area contributed by atoms with Crippen LogP contribution in [-0.4, -0.2) is 294 Å². The van der Waals surface area contributed by atoms with Gasteiger partial charge in [-0.15, -0.1) is 11.8 Å². The van der Waals surface area contributed by atoms with E-state index in [1.165, 1.54) is 111 Å². The highest BCUT2D eigenvalue weighted by atomic mass is 32.2. The summed E-state index contributed by atoms with van der Waals surface area (Å²) in [5.74, 6) is -9.57. The molecule has 0 aromatic carbocycles. The Bertz CT molecular complexity index is 2670. The average Bonchev–Trinajstić information content (AvgIpc) is 0.807. The second-order valence-electron chi connectivity index (χ2n) is 29.7. The van der Waals surface area contributed by atoms with Crippen molar-refractivity contribution in [3.8, 4) is 0 Å². The van der Waals surface area contributed by atoms with Crippen LogP contribution in [0.4, 0.5) is 0 Å². The summed E-state index contributed by atoms with van der Waals surface area (Å²) in [7, 11) is 13.6. The number of likely N-dealkylation sites (N-methyl/N-ethyl adjacent to an activating group) is 8. The van der Waals surface area contributed by atoms with E-state index in [1.807, 2.05) is 61.6 Å². The van der Waals surface area contributed by atoms with E-state index in [0.717, 1.165) is 31.1 Å². The third kappa shape index (κ3) is 24.7. The molecule has 26 nitrogen and oxygen atoms in total. The minimum Gasteiger partial charge on any atom is -0.390 e. The van der Waals surface area contributed by atoms with Crippen molar-refractivity contribution in [2.45, 2.75) is 234 Å². The lowest BCUT2D eigenvalue weighted by molar-refractivity contribution is -0.157. The van der Waals surface area contributed by atoms with E-state index < -0.39 is 160 Å². The zero-order valence-corrected chi connectivity index (χ0v) is 64.6. The normalized spacial score (nSPS) is 27.3. The molecule has 27 heteroatoms. The summed E-state index contributed by atoms with van der Waals surface area (Å²) in [4.78, 5) is 178. The number of carbonyl (C=O) groups excluding carboxylic acids is 11. The van der Waals surface area contributed by atoms with Crippen LogP contribution in [0.15, 0.2) is 12.2 Å². The van der Waals surface area contributed by atoms with Gasteiger partial charge in [-0.1, -0.05) is 95.2 Å². The zero-order valence-electron chi connectivity index (χ0n) is 63.8. The highest BCUT2D eigenvalue weighted by molar-refractivity contribution is 8.00. The van der Waals surface area contributed by atoms with E-state index in [0.29, 0.717) is 18.7 Å². The number of piperazine rings is 1. The molecule has 0 radical (unpaired) electrons. The van der Waals surface area contributed by atoms with Gasteiger partial charge in [0, 0.05) is 101 Å². The van der Waals surface area contributed by atoms with E-state index in [-0.39, 0.29) is 49.9 Å². The Morgan fingerprint density at radius 2 is 0.990 bits per heavy atom. The molecule has 2 rings (SSSR count). The molecule has 2 heterocycles. The number of aliphatic hydroxyl groups excluding tert-OH is 1. The van der Waals surface area contributed by atoms with Gasteiger partial charge in [-0.25, -0.2) is 0 Å². The molecule has 0 unspecified atom stereocenters. The molecule has 11 amide bonds. The number of nitrogens with zero attached hydrogens (tertiary/aromatic N) is 9. The lowest BCUT2D eigenvalue weighted by Crippen LogP contribution is -2.64. The second-order valence-corrected chi connectivity index (χ2v) is 30.9. The number of rotatable bonds is 20. The van der Waals surface area contributed by atoms with E-state index in [1.54, 1.807) is 61.5 Å². The molecule has 2 saturated heterocycles. The predicted octanol–water partition coefficient (Wildman–Crippen LogP) is 3.34. The summed E-state index contributed by atoms with van der Waals surface area (Å²) in [5.41, 5.74) is -1.05. The van der Waals surface area contributed by atoms with Gasteiger partial charge >= 0.3 is 0 Å². The van der Waals surface area contributed by atoms with Gasteiger partial charge in [-0.3, -0.25) is 57.6 Å². The van der Waals surface area contributed by atoms with Crippen LogP contribution in [0.5, 0.6) is 0 Å². The van der Waals surface area contributed by atoms with Crippen LogP contribution in [0.25, 0.3) is 0 Å². The van der Waals surface area contributed by atoms with Crippen LogP contribution >= 0.6 is 11.8 Å². The SMILES string of the molecule is CC=CC[C@@H](C)[C@@H](O)[C@H]1C(=O)N[C@@H](CC)C(=O)N(C)[C@H](SCCN2CCN(C)CC2)C(=O)N(C)[C@@H](CC(C)(C)OC)C(=O)N[C@@H](C(C)C)C(=O)N(C)[C@@H](CC(C)C)C(=O)N[C@@H](C)C(=O)N[C@H](C)C(=O)N(C)[C@@H](CC(C)C)C(=O)N(C)[C@@H](CC(C)C)C(=O)N(C)[C@@H](C(C)C)C(=O)N1C. The van der Waals surface area contributed by atoms with Crippen LogP contribution in [0.3, 0.4) is 0 Å². The molecule has 0 aliphatic carbocycles. The first-order valence-electron chi connectivity index (χ1n) is 34.9. The zero-order chi connectivity index (χ0) is 74.6. The summed E-state index contributed by atoms with van der Waals surface area (Å²) in [6.45, 7) is 33.5. The first kappa shape index (κ1) is 87.2. The fourth-order valence-corrected chi connectivity index (χ4v) is 13.5. The van der Waals surface area contributed by atoms with Gasteiger partial charge in [0.2, 0.25) is 59.1 Å². The largest absolute Gasteiger partial charge is 0.390 e. The quantitative estimate of drug-likeness (QED) is 0.109. The number of aliphatic hydroxyl groups is 1. The Balaban J connectivity index is 3.15. The summed E-state index contributed by atoms with van der Waals surface area (Å²) in [5, 5.41) is 22.3. The van der Waals surface area contributed by atoms with Crippen molar-refractivity contribution >= 4 is 76.7 Å². The fraction of sp³-hybridized carbons (Fsp3) is 0.814. The standard InChI is InChI=1S/C70H127N13O13S/c1-27-29-30-46(13)57(84)56-61(88)73-49(28-2)63(90)82(25)69(97-36-35-83-33-31-75(18)32-34-83)68(95)79(22)53(40-70(16,17)96-26)60(87)74-54(44(9)10)66(93)76(19)50(37-41(3)4)59(86)71-47(14)58(85)72-48(15)62(89)77(20)51(38-42(5)6)64(91)78(21)52(39-43(7)8)65(92)80(23)55(45(11)12)67(94)81(56)24/h27,29,41-57,69,84H,28,30-40H2,1-26H3,(H,71,86)(H,72,85)(H,73,88)(H,74,87)/t46-,47+,48-,49+,50+,51+,52+,53+,54+,55+,56+,57-,69-/m1/s1. The number of amides is 11. The van der Waals surface area contributed by atoms with Crippen LogP contribution < -0.4 is 21.3 Å². The molecular weight excluding hydrogens is 1260 g/mol. The van der Waals surface area contributed by atoms with E-state index >= 15 is 33.6 Å². The van der Waals surface area contributed by atoms with Gasteiger partial charge in [0.15, 0.2) is 5.37 Å². The molecule has 13 atom stereocenters. The number of methoxy groups -OCH3 is 1. The predicted molar refractivity (Wildman–Crippen MR) is 380 cm³/mol. The van der Waals surface area contributed by atoms with E-state index in [9.17, 15) is 24.3 Å². The first-order valence-corrected chi connectivity index (χ1v) is 35.9. The van der Waals surface area contributed by atoms with Gasteiger partial charge in [0.1, 0.15) is 60.4 Å². The van der Waals surface area contributed by atoms with Crippen LogP contribution in [0.1, 0.15) is 156 Å². The third-order valence-electron chi connectivity index (χ3n) is 19.0. The lowest BCUT2D eigenvalue weighted by atomic mass is 9.91. The molecule has 0 spiro atoms. The summed E-state index contributed by atoms with van der Waals surface area (Å²) in [6.07, 6.45) is 2.69. The molecule has 0 saturated carbocycles. The number of hydrogen-bond acceptors (Lipinski definition) is 16. The number of ether oxygens (including phenoxy) is 1. The maximum atomic E-state index is 15.6. The first-order chi connectivity index (χ1) is 44.9. The summed E-state index contributed by atoms with van der Waals surface area (Å²) >= 11 is 1.18. The molecule has 0 aromatic rings. The number of allylic oxidation sites excluding steroid dienone is 2. The molecule has 97 heavy (non-hydrogen) atoms. The summed E-state index contributed by atoms with van der Waals surface area (Å²) < 4.78 is 5.86. The Morgan fingerprint density at radius 1 is 0.526 bits per heavy atom. The topological polar surface area (TPSA) is 295 Å². The van der Waals surface area contributed by atoms with Crippen molar-refractivity contribution in [2.75, 3.05) is 102 Å². The van der Waals surface area contributed by atoms with Crippen molar-refractivity contribution in [1.29, 1.82) is 0 Å². The minimum absolute atomic E-state index is 0.0115. The Labute approximate surface area is 585 Å². The Hall–Kier alpha value is -5.90. The molecular formula is C70H127N13O13S. The number of nitrogens with one attached hydrogen (secondary N) is 4. The molecule has 2 aliphatic heterocycles. The Morgan fingerprint density at radius 3 is 1.47 bits per heavy atom. The highest BCUT2D eigenvalue weighted by Crippen LogP contribution is 2.28. The third-order valence-corrected chi connectivity index (χ3v) is 20.3. The molecule has 5 N–H and O–H groups in total. The molecule has 2 fully saturated rings. The average molecular weight is 1390 g/mol. The fourth-order valence-electron chi connectivity index (χ4n) is 12.3.